The Hall–Kier alpha value is -1.62. The van der Waals surface area contributed by atoms with Gasteiger partial charge in [-0.25, -0.2) is 0 Å². The Morgan fingerprint density at radius 3 is 2.43 bits per heavy atom. The summed E-state index contributed by atoms with van der Waals surface area (Å²) in [4.78, 5) is 39.5. The monoisotopic (exact) mass is 401 g/mol. The molecule has 0 radical (unpaired) electrons. The van der Waals surface area contributed by atoms with Crippen LogP contribution in [-0.4, -0.2) is 40.0 Å². The number of Topliss-reactive ketones (excluding diaryl/α,β-unsaturated/α-hetero) is 1. The lowest BCUT2D eigenvalue weighted by atomic mass is 9.86. The number of ketones is 1. The molecule has 1 amide bonds. The van der Waals surface area contributed by atoms with Crippen molar-refractivity contribution >= 4 is 28.6 Å². The van der Waals surface area contributed by atoms with Crippen LogP contribution in [0, 0.1) is 5.92 Å². The van der Waals surface area contributed by atoms with Crippen molar-refractivity contribution in [1.82, 2.24) is 4.90 Å². The first kappa shape index (κ1) is 21.1. The quantitative estimate of drug-likeness (QED) is 0.478. The van der Waals surface area contributed by atoms with Crippen LogP contribution in [0.5, 0.6) is 0 Å². The minimum atomic E-state index is -0.410. The predicted octanol–water partition coefficient (Wildman–Crippen LogP) is 4.41. The summed E-state index contributed by atoms with van der Waals surface area (Å²) < 4.78 is 0. The van der Waals surface area contributed by atoms with Crippen LogP contribution >= 0.6 is 11.8 Å². The van der Waals surface area contributed by atoms with E-state index in [1.54, 1.807) is 4.90 Å². The summed E-state index contributed by atoms with van der Waals surface area (Å²) in [5.41, 5.74) is 1.33. The molecule has 3 rings (SSSR count). The molecule has 152 valence electrons. The maximum absolute atomic E-state index is 12.7. The van der Waals surface area contributed by atoms with Crippen molar-refractivity contribution in [3.8, 4) is 0 Å². The summed E-state index contributed by atoms with van der Waals surface area (Å²) in [6.07, 6.45) is 9.44. The number of nitrogens with zero attached hydrogens (tertiary/aromatic N) is 1. The summed E-state index contributed by atoms with van der Waals surface area (Å²) in [7, 11) is 0. The lowest BCUT2D eigenvalue weighted by Crippen LogP contribution is -2.45. The zero-order valence-electron chi connectivity index (χ0n) is 16.6. The van der Waals surface area contributed by atoms with Gasteiger partial charge in [0.05, 0.1) is 0 Å². The molecule has 2 aliphatic rings. The van der Waals surface area contributed by atoms with Crippen LogP contribution in [0.4, 0.5) is 0 Å². The van der Waals surface area contributed by atoms with Gasteiger partial charge in [-0.15, -0.1) is 0 Å². The number of unbranched alkanes of at least 4 members (excludes halogenated alkanes) is 1. The molecule has 1 heterocycles. The highest BCUT2D eigenvalue weighted by Crippen LogP contribution is 2.28. The Bertz CT molecular complexity index is 670. The first-order valence-electron chi connectivity index (χ1n) is 10.7. The number of aryl methyl sites for hydroxylation is 1. The van der Waals surface area contributed by atoms with Crippen molar-refractivity contribution in [3.05, 3.63) is 35.9 Å². The van der Waals surface area contributed by atoms with Gasteiger partial charge in [0.2, 0.25) is 10.9 Å². The first-order chi connectivity index (χ1) is 13.7. The normalized spacial score (nSPS) is 20.3. The van der Waals surface area contributed by atoms with Crippen LogP contribution in [0.15, 0.2) is 30.3 Å². The van der Waals surface area contributed by atoms with Gasteiger partial charge in [0, 0.05) is 18.2 Å². The minimum absolute atomic E-state index is 0.0574. The molecule has 1 aliphatic heterocycles. The molecule has 0 aromatic heterocycles. The smallest absolute Gasteiger partial charge is 0.290 e. The van der Waals surface area contributed by atoms with Crippen molar-refractivity contribution < 1.29 is 14.4 Å². The molecule has 1 aromatic carbocycles. The molecular formula is C23H31NO3S. The molecule has 0 bridgehead atoms. The van der Waals surface area contributed by atoms with Crippen LogP contribution in [0.25, 0.3) is 0 Å². The predicted molar refractivity (Wildman–Crippen MR) is 113 cm³/mol. The van der Waals surface area contributed by atoms with Gasteiger partial charge in [0.15, 0.2) is 0 Å². The van der Waals surface area contributed by atoms with Crippen LogP contribution in [0.2, 0.25) is 0 Å². The van der Waals surface area contributed by atoms with Gasteiger partial charge < -0.3 is 4.90 Å². The standard InChI is InChI=1S/C23H31NO3S/c25-21(19-13-5-2-6-14-19)22(26)24-16-9-15-20(24)23(27)28-17-8-7-12-18-10-3-1-4-11-18/h1,3-4,10-11,19-20H,2,5-9,12-17H2/t20-/m0/s1. The second-order valence-electron chi connectivity index (χ2n) is 7.97. The van der Waals surface area contributed by atoms with Gasteiger partial charge >= 0.3 is 0 Å². The van der Waals surface area contributed by atoms with E-state index in [1.165, 1.54) is 17.3 Å². The number of likely N-dealkylation sites (tertiary alicyclic amines) is 1. The Morgan fingerprint density at radius 2 is 1.68 bits per heavy atom. The molecule has 5 heteroatoms. The van der Waals surface area contributed by atoms with Crippen LogP contribution < -0.4 is 0 Å². The van der Waals surface area contributed by atoms with Crippen LogP contribution in [0.3, 0.4) is 0 Å². The zero-order chi connectivity index (χ0) is 19.8. The number of benzene rings is 1. The average Bonchev–Trinajstić information content (AvgIpc) is 3.23. The molecule has 1 saturated carbocycles. The Labute approximate surface area is 172 Å². The zero-order valence-corrected chi connectivity index (χ0v) is 17.4. The molecule has 1 aliphatic carbocycles. The topological polar surface area (TPSA) is 54.5 Å². The molecule has 1 aromatic rings. The number of thioether (sulfide) groups is 1. The van der Waals surface area contributed by atoms with Gasteiger partial charge in [0.1, 0.15) is 6.04 Å². The summed E-state index contributed by atoms with van der Waals surface area (Å²) >= 11 is 1.33. The van der Waals surface area contributed by atoms with Gasteiger partial charge in [-0.1, -0.05) is 61.4 Å². The molecule has 4 nitrogen and oxygen atoms in total. The summed E-state index contributed by atoms with van der Waals surface area (Å²) in [6.45, 7) is 0.544. The molecular weight excluding hydrogens is 370 g/mol. The molecule has 2 fully saturated rings. The van der Waals surface area contributed by atoms with E-state index in [-0.39, 0.29) is 16.8 Å². The summed E-state index contributed by atoms with van der Waals surface area (Å²) in [5.74, 6) is -0.0104. The lowest BCUT2D eigenvalue weighted by Gasteiger charge is -2.26. The maximum atomic E-state index is 12.7. The highest BCUT2D eigenvalue weighted by molar-refractivity contribution is 8.13. The number of amides is 1. The van der Waals surface area contributed by atoms with E-state index in [0.717, 1.165) is 63.5 Å². The van der Waals surface area contributed by atoms with Gasteiger partial charge in [-0.3, -0.25) is 14.4 Å². The minimum Gasteiger partial charge on any atom is -0.325 e. The fourth-order valence-electron chi connectivity index (χ4n) is 4.28. The summed E-state index contributed by atoms with van der Waals surface area (Å²) in [6, 6.07) is 9.97. The van der Waals surface area contributed by atoms with E-state index >= 15 is 0 Å². The van der Waals surface area contributed by atoms with E-state index in [1.807, 2.05) is 18.2 Å². The SMILES string of the molecule is O=C(C(=O)N1CCC[C@H]1C(=O)SCCCCc1ccccc1)C1CCCCC1. The highest BCUT2D eigenvalue weighted by Gasteiger charge is 2.38. The van der Waals surface area contributed by atoms with Crippen LogP contribution in [-0.2, 0) is 20.8 Å². The van der Waals surface area contributed by atoms with E-state index in [0.29, 0.717) is 13.0 Å². The molecule has 0 N–H and O–H groups in total. The number of rotatable bonds is 8. The number of carbonyl (C=O) groups is 3. The fraction of sp³-hybridized carbons (Fsp3) is 0.609. The summed E-state index contributed by atoms with van der Waals surface area (Å²) in [5, 5.41) is 0.0574. The fourth-order valence-corrected chi connectivity index (χ4v) is 5.27. The van der Waals surface area contributed by atoms with E-state index in [9.17, 15) is 14.4 Å². The lowest BCUT2D eigenvalue weighted by molar-refractivity contribution is -0.148. The molecule has 1 atom stereocenters. The van der Waals surface area contributed by atoms with Crippen LogP contribution in [0.1, 0.15) is 63.4 Å². The second-order valence-corrected chi connectivity index (χ2v) is 9.07. The van der Waals surface area contributed by atoms with Crippen molar-refractivity contribution in [2.45, 2.75) is 70.3 Å². The number of hydrogen-bond donors (Lipinski definition) is 0. The first-order valence-corrected chi connectivity index (χ1v) is 11.7. The van der Waals surface area contributed by atoms with Gasteiger partial charge in [-0.2, -0.15) is 0 Å². The van der Waals surface area contributed by atoms with E-state index in [2.05, 4.69) is 12.1 Å². The Morgan fingerprint density at radius 1 is 0.929 bits per heavy atom. The van der Waals surface area contributed by atoms with Crippen molar-refractivity contribution in [1.29, 1.82) is 0 Å². The van der Waals surface area contributed by atoms with E-state index < -0.39 is 11.9 Å². The third-order valence-corrected chi connectivity index (χ3v) is 6.97. The molecule has 28 heavy (non-hydrogen) atoms. The maximum Gasteiger partial charge on any atom is 0.290 e. The average molecular weight is 402 g/mol. The van der Waals surface area contributed by atoms with E-state index in [4.69, 9.17) is 0 Å². The van der Waals surface area contributed by atoms with Crippen molar-refractivity contribution in [2.24, 2.45) is 5.92 Å². The third kappa shape index (κ3) is 5.69. The highest BCUT2D eigenvalue weighted by atomic mass is 32.2. The molecule has 0 spiro atoms. The van der Waals surface area contributed by atoms with Crippen molar-refractivity contribution in [2.75, 3.05) is 12.3 Å². The second kappa shape index (κ2) is 10.8. The van der Waals surface area contributed by atoms with Crippen molar-refractivity contribution in [3.63, 3.8) is 0 Å². The molecule has 0 unspecified atom stereocenters. The Kier molecular flexibility index (Phi) is 8.13. The van der Waals surface area contributed by atoms with Gasteiger partial charge in [-0.05, 0) is 50.5 Å². The third-order valence-electron chi connectivity index (χ3n) is 5.92. The van der Waals surface area contributed by atoms with Gasteiger partial charge in [0.25, 0.3) is 5.91 Å². The Balaban J connectivity index is 1.42. The number of carbonyl (C=O) groups excluding carboxylic acids is 3. The molecule has 1 saturated heterocycles. The largest absolute Gasteiger partial charge is 0.325 e. The number of hydrogen-bond acceptors (Lipinski definition) is 4.